The van der Waals surface area contributed by atoms with E-state index in [1.165, 1.54) is 12.1 Å². The fourth-order valence-corrected chi connectivity index (χ4v) is 5.61. The molecule has 1 atom stereocenters. The summed E-state index contributed by atoms with van der Waals surface area (Å²) in [6.45, 7) is 4.86. The first-order valence-electron chi connectivity index (χ1n) is 13.8. The summed E-state index contributed by atoms with van der Waals surface area (Å²) in [4.78, 5) is 18.3. The lowest BCUT2D eigenvalue weighted by Gasteiger charge is -2.35. The molecule has 0 amide bonds. The van der Waals surface area contributed by atoms with E-state index in [9.17, 15) is 9.50 Å². The molecule has 12 heteroatoms. The van der Waals surface area contributed by atoms with Crippen molar-refractivity contribution in [3.63, 3.8) is 0 Å². The molecule has 1 unspecified atom stereocenters. The summed E-state index contributed by atoms with van der Waals surface area (Å²) in [6.07, 6.45) is 12.3. The van der Waals surface area contributed by atoms with Gasteiger partial charge in [-0.3, -0.25) is 4.68 Å². The smallest absolute Gasteiger partial charge is 0.225 e. The van der Waals surface area contributed by atoms with Crippen LogP contribution in [-0.4, -0.2) is 71.7 Å². The first-order chi connectivity index (χ1) is 19.8. The molecule has 0 spiro atoms. The van der Waals surface area contributed by atoms with Crippen LogP contribution in [0.2, 0.25) is 0 Å². The van der Waals surface area contributed by atoms with Crippen LogP contribution >= 0.6 is 0 Å². The molecule has 3 N–H and O–H groups in total. The number of aliphatic hydroxyl groups is 1. The van der Waals surface area contributed by atoms with Crippen molar-refractivity contribution in [2.45, 2.75) is 37.5 Å². The van der Waals surface area contributed by atoms with E-state index in [0.29, 0.717) is 5.95 Å². The number of anilines is 2. The molecule has 41 heavy (non-hydrogen) atoms. The van der Waals surface area contributed by atoms with Gasteiger partial charge in [-0.15, -0.1) is 0 Å². The van der Waals surface area contributed by atoms with E-state index in [0.717, 1.165) is 72.6 Å². The molecule has 5 heterocycles. The van der Waals surface area contributed by atoms with Gasteiger partial charge >= 0.3 is 0 Å². The van der Waals surface area contributed by atoms with Crippen molar-refractivity contribution in [1.82, 2.24) is 34.3 Å². The van der Waals surface area contributed by atoms with Crippen LogP contribution in [0.3, 0.4) is 0 Å². The molecule has 1 aromatic carbocycles. The minimum atomic E-state index is -0.836. The Morgan fingerprint density at radius 2 is 1.59 bits per heavy atom. The van der Waals surface area contributed by atoms with Gasteiger partial charge in [-0.1, -0.05) is 12.1 Å². The number of nitrogens with zero attached hydrogens (tertiary/aromatic N) is 9. The van der Waals surface area contributed by atoms with E-state index < -0.39 is 5.54 Å². The van der Waals surface area contributed by atoms with Crippen LogP contribution in [0.25, 0.3) is 16.6 Å². The average molecular weight is 555 g/mol. The molecule has 11 nitrogen and oxygen atoms in total. The Morgan fingerprint density at radius 1 is 0.878 bits per heavy atom. The highest BCUT2D eigenvalue weighted by Crippen LogP contribution is 2.34. The monoisotopic (exact) mass is 554 g/mol. The molecule has 1 aliphatic heterocycles. The minimum absolute atomic E-state index is 0.219. The van der Waals surface area contributed by atoms with Crippen LogP contribution in [0, 0.1) is 5.82 Å². The van der Waals surface area contributed by atoms with Gasteiger partial charge in [0.15, 0.2) is 5.82 Å². The van der Waals surface area contributed by atoms with Crippen LogP contribution in [0.4, 0.5) is 16.2 Å². The highest BCUT2D eigenvalue weighted by Gasteiger charge is 2.30. The molecule has 210 valence electrons. The maximum atomic E-state index is 13.4. The third-order valence-electron chi connectivity index (χ3n) is 8.33. The number of halogens is 1. The van der Waals surface area contributed by atoms with E-state index in [-0.39, 0.29) is 18.0 Å². The first kappa shape index (κ1) is 25.5. The maximum absolute atomic E-state index is 13.4. The van der Waals surface area contributed by atoms with Crippen LogP contribution in [0.5, 0.6) is 0 Å². The van der Waals surface area contributed by atoms with Gasteiger partial charge in [0.25, 0.3) is 0 Å². The fraction of sp³-hybridized carbons (Fsp3) is 0.345. The Balaban J connectivity index is 1.04. The summed E-state index contributed by atoms with van der Waals surface area (Å²) in [5.41, 5.74) is 10.3. The third kappa shape index (κ3) is 4.68. The molecule has 4 aromatic heterocycles. The van der Waals surface area contributed by atoms with Crippen molar-refractivity contribution in [2.24, 2.45) is 5.73 Å². The van der Waals surface area contributed by atoms with Crippen molar-refractivity contribution in [3.05, 3.63) is 84.6 Å². The van der Waals surface area contributed by atoms with E-state index in [4.69, 9.17) is 5.73 Å². The van der Waals surface area contributed by atoms with Gasteiger partial charge in [-0.25, -0.2) is 23.9 Å². The highest BCUT2D eigenvalue weighted by atomic mass is 19.1. The van der Waals surface area contributed by atoms with E-state index in [2.05, 4.69) is 41.0 Å². The standard InChI is InChI=1S/C29H31FN10O/c1-29(31,21-2-4-23(30)5-3-21)22-14-32-28(33-15-22)38-8-6-37(7-9-38)27-26-10-19(16-40(26)36-18-34-27)20-13-35-39(17-20)24-11-25(41)12-24/h2-5,10,13-18,24-25,41H,6-9,11-12,31H2,1H3. The molecule has 5 aromatic rings. The zero-order valence-electron chi connectivity index (χ0n) is 22.7. The summed E-state index contributed by atoms with van der Waals surface area (Å²) >= 11 is 0. The normalized spacial score (nSPS) is 20.7. The molecular weight excluding hydrogens is 523 g/mol. The first-order valence-corrected chi connectivity index (χ1v) is 13.8. The van der Waals surface area contributed by atoms with Gasteiger partial charge in [0.05, 0.1) is 23.9 Å². The zero-order valence-corrected chi connectivity index (χ0v) is 22.7. The van der Waals surface area contributed by atoms with E-state index in [1.807, 2.05) is 34.7 Å². The molecule has 2 fully saturated rings. The Morgan fingerprint density at radius 3 is 2.29 bits per heavy atom. The lowest BCUT2D eigenvalue weighted by molar-refractivity contribution is 0.0434. The third-order valence-corrected chi connectivity index (χ3v) is 8.33. The van der Waals surface area contributed by atoms with E-state index >= 15 is 0 Å². The zero-order chi connectivity index (χ0) is 28.1. The highest BCUT2D eigenvalue weighted by molar-refractivity contribution is 5.77. The fourth-order valence-electron chi connectivity index (χ4n) is 5.61. The predicted octanol–water partition coefficient (Wildman–Crippen LogP) is 2.77. The number of nitrogens with two attached hydrogens (primary N) is 1. The Hall–Kier alpha value is -4.42. The van der Waals surface area contributed by atoms with Crippen LogP contribution in [0.15, 0.2) is 67.6 Å². The molecule has 1 saturated heterocycles. The van der Waals surface area contributed by atoms with Crippen LogP contribution in [-0.2, 0) is 5.54 Å². The number of hydrogen-bond acceptors (Lipinski definition) is 9. The van der Waals surface area contributed by atoms with Crippen LogP contribution in [0.1, 0.15) is 36.9 Å². The summed E-state index contributed by atoms with van der Waals surface area (Å²) in [5.74, 6) is 1.24. The number of aliphatic hydroxyl groups excluding tert-OH is 1. The lowest BCUT2D eigenvalue weighted by atomic mass is 9.87. The van der Waals surface area contributed by atoms with Crippen LogP contribution < -0.4 is 15.5 Å². The topological polar surface area (TPSA) is 127 Å². The molecule has 2 aliphatic rings. The Kier molecular flexibility index (Phi) is 6.16. The van der Waals surface area contributed by atoms with Gasteiger partial charge in [-0.2, -0.15) is 10.2 Å². The number of aromatic nitrogens is 7. The second kappa shape index (κ2) is 9.89. The van der Waals surface area contributed by atoms with Gasteiger partial charge in [-0.05, 0) is 43.5 Å². The van der Waals surface area contributed by atoms with Gasteiger partial charge in [0.1, 0.15) is 17.7 Å². The number of rotatable bonds is 6. The summed E-state index contributed by atoms with van der Waals surface area (Å²) < 4.78 is 17.2. The molecule has 7 rings (SSSR count). The Labute approximate surface area is 236 Å². The molecule has 0 radical (unpaired) electrons. The molecule has 1 saturated carbocycles. The lowest BCUT2D eigenvalue weighted by Crippen LogP contribution is -2.47. The average Bonchev–Trinajstić information content (AvgIpc) is 3.63. The number of benzene rings is 1. The van der Waals surface area contributed by atoms with Crippen molar-refractivity contribution >= 4 is 17.3 Å². The second-order valence-corrected chi connectivity index (χ2v) is 11.1. The van der Waals surface area contributed by atoms with Crippen molar-refractivity contribution in [3.8, 4) is 11.1 Å². The number of piperazine rings is 1. The van der Waals surface area contributed by atoms with Crippen molar-refractivity contribution < 1.29 is 9.50 Å². The van der Waals surface area contributed by atoms with Crippen molar-refractivity contribution in [2.75, 3.05) is 36.0 Å². The summed E-state index contributed by atoms with van der Waals surface area (Å²) in [5, 5.41) is 18.6. The molecular formula is C29H31FN10O. The van der Waals surface area contributed by atoms with Gasteiger partial charge in [0, 0.05) is 67.7 Å². The van der Waals surface area contributed by atoms with E-state index in [1.54, 1.807) is 30.9 Å². The predicted molar refractivity (Wildman–Crippen MR) is 152 cm³/mol. The maximum Gasteiger partial charge on any atom is 0.225 e. The SMILES string of the molecule is CC(N)(c1ccc(F)cc1)c1cnc(N2CCN(c3ncnn4cc(-c5cnn(C6CC(O)C6)c5)cc34)CC2)nc1. The second-order valence-electron chi connectivity index (χ2n) is 11.1. The minimum Gasteiger partial charge on any atom is -0.393 e. The number of hydrogen-bond donors (Lipinski definition) is 2. The molecule has 0 bridgehead atoms. The molecule has 1 aliphatic carbocycles. The quantitative estimate of drug-likeness (QED) is 0.326. The summed E-state index contributed by atoms with van der Waals surface area (Å²) in [7, 11) is 0. The van der Waals surface area contributed by atoms with Gasteiger partial charge in [0.2, 0.25) is 5.95 Å². The number of fused-ring (bicyclic) bond motifs is 1. The largest absolute Gasteiger partial charge is 0.393 e. The summed E-state index contributed by atoms with van der Waals surface area (Å²) in [6, 6.07) is 8.56. The Bertz CT molecular complexity index is 1670. The van der Waals surface area contributed by atoms with Gasteiger partial charge < -0.3 is 20.6 Å². The van der Waals surface area contributed by atoms with Crippen molar-refractivity contribution in [1.29, 1.82) is 0 Å².